The molecule has 3 atom stereocenters. The average molecular weight is 268 g/mol. The summed E-state index contributed by atoms with van der Waals surface area (Å²) in [5.74, 6) is 1.89. The smallest absolute Gasteiger partial charge is 0.0474 e. The number of aromatic nitrogens is 1. The molecule has 1 aliphatic heterocycles. The van der Waals surface area contributed by atoms with E-state index in [1.54, 1.807) is 0 Å². The second-order valence-corrected chi connectivity index (χ2v) is 5.47. The zero-order chi connectivity index (χ0) is 11.7. The third-order valence-electron chi connectivity index (χ3n) is 4.19. The Morgan fingerprint density at radius 3 is 2.78 bits per heavy atom. The summed E-state index contributed by atoms with van der Waals surface area (Å²) < 4.78 is 0. The summed E-state index contributed by atoms with van der Waals surface area (Å²) in [5.41, 5.74) is 1.40. The summed E-state index contributed by atoms with van der Waals surface area (Å²) in [6.07, 6.45) is 5.23. The van der Waals surface area contributed by atoms with Crippen molar-refractivity contribution in [3.05, 3.63) is 30.1 Å². The van der Waals surface area contributed by atoms with Crippen LogP contribution in [0.1, 0.15) is 24.9 Å². The van der Waals surface area contributed by atoms with Crippen molar-refractivity contribution in [2.45, 2.75) is 19.4 Å². The number of rotatable bonds is 3. The van der Waals surface area contributed by atoms with Crippen LogP contribution in [0.25, 0.3) is 0 Å². The highest BCUT2D eigenvalue weighted by atomic mass is 35.5. The van der Waals surface area contributed by atoms with Crippen LogP contribution >= 0.6 is 12.4 Å². The first-order chi connectivity index (χ1) is 8.34. The molecule has 4 heteroatoms. The molecule has 3 rings (SSSR count). The summed E-state index contributed by atoms with van der Waals surface area (Å²) in [4.78, 5) is 6.76. The molecular formula is C14H22ClN3. The predicted octanol–water partition coefficient (Wildman–Crippen LogP) is 2.11. The second-order valence-electron chi connectivity index (χ2n) is 5.47. The average Bonchev–Trinajstić information content (AvgIpc) is 3.07. The molecular weight excluding hydrogens is 246 g/mol. The third-order valence-corrected chi connectivity index (χ3v) is 4.19. The molecule has 100 valence electrons. The van der Waals surface area contributed by atoms with E-state index in [4.69, 9.17) is 0 Å². The Labute approximate surface area is 115 Å². The van der Waals surface area contributed by atoms with Crippen molar-refractivity contribution in [1.29, 1.82) is 0 Å². The van der Waals surface area contributed by atoms with Crippen molar-refractivity contribution < 1.29 is 0 Å². The van der Waals surface area contributed by atoms with Gasteiger partial charge in [0.2, 0.25) is 0 Å². The van der Waals surface area contributed by atoms with E-state index in [1.165, 1.54) is 25.1 Å². The largest absolute Gasteiger partial charge is 0.314 e. The molecule has 2 heterocycles. The van der Waals surface area contributed by atoms with Gasteiger partial charge in [0.15, 0.2) is 0 Å². The Morgan fingerprint density at radius 1 is 1.39 bits per heavy atom. The topological polar surface area (TPSA) is 28.2 Å². The fourth-order valence-corrected chi connectivity index (χ4v) is 2.83. The molecule has 2 aliphatic rings. The molecule has 18 heavy (non-hydrogen) atoms. The molecule has 1 aromatic rings. The highest BCUT2D eigenvalue weighted by molar-refractivity contribution is 5.85. The number of hydrogen-bond acceptors (Lipinski definition) is 3. The standard InChI is InChI=1S/C14H21N3.ClH/c1-11-8-13(11)10-17-7-6-16-9-14(17)12-2-4-15-5-3-12;/h2-5,11,13-14,16H,6-10H2,1H3;1H. The van der Waals surface area contributed by atoms with Crippen molar-refractivity contribution in [2.24, 2.45) is 11.8 Å². The summed E-state index contributed by atoms with van der Waals surface area (Å²) in [5, 5.41) is 3.51. The van der Waals surface area contributed by atoms with Crippen molar-refractivity contribution in [2.75, 3.05) is 26.2 Å². The molecule has 1 N–H and O–H groups in total. The molecule has 1 aliphatic carbocycles. The lowest BCUT2D eigenvalue weighted by molar-refractivity contribution is 0.153. The van der Waals surface area contributed by atoms with Gasteiger partial charge in [-0.3, -0.25) is 9.88 Å². The van der Waals surface area contributed by atoms with Gasteiger partial charge in [-0.05, 0) is 36.0 Å². The van der Waals surface area contributed by atoms with E-state index in [0.29, 0.717) is 6.04 Å². The van der Waals surface area contributed by atoms with Gasteiger partial charge in [0.05, 0.1) is 0 Å². The van der Waals surface area contributed by atoms with Crippen LogP contribution in [0.2, 0.25) is 0 Å². The lowest BCUT2D eigenvalue weighted by atomic mass is 10.0. The minimum Gasteiger partial charge on any atom is -0.314 e. The number of piperazine rings is 1. The molecule has 0 spiro atoms. The lowest BCUT2D eigenvalue weighted by Crippen LogP contribution is -2.46. The van der Waals surface area contributed by atoms with Crippen LogP contribution in [0.15, 0.2) is 24.5 Å². The van der Waals surface area contributed by atoms with Gasteiger partial charge >= 0.3 is 0 Å². The Morgan fingerprint density at radius 2 is 2.11 bits per heavy atom. The van der Waals surface area contributed by atoms with Crippen LogP contribution < -0.4 is 5.32 Å². The Kier molecular flexibility index (Phi) is 4.60. The minimum absolute atomic E-state index is 0. The van der Waals surface area contributed by atoms with Gasteiger partial charge in [0.1, 0.15) is 0 Å². The first-order valence-electron chi connectivity index (χ1n) is 6.69. The minimum atomic E-state index is 0. The molecule has 0 radical (unpaired) electrons. The number of hydrogen-bond donors (Lipinski definition) is 1. The second kappa shape index (κ2) is 6.00. The summed E-state index contributed by atoms with van der Waals surface area (Å²) in [7, 11) is 0. The molecule has 2 fully saturated rings. The molecule has 1 saturated heterocycles. The van der Waals surface area contributed by atoms with Crippen LogP contribution in [0.5, 0.6) is 0 Å². The van der Waals surface area contributed by atoms with Gasteiger partial charge in [-0.1, -0.05) is 6.92 Å². The van der Waals surface area contributed by atoms with E-state index < -0.39 is 0 Å². The van der Waals surface area contributed by atoms with Gasteiger partial charge in [-0.2, -0.15) is 0 Å². The molecule has 0 amide bonds. The van der Waals surface area contributed by atoms with Gasteiger partial charge in [0, 0.05) is 44.6 Å². The Balaban J connectivity index is 0.00000120. The van der Waals surface area contributed by atoms with Crippen LogP contribution in [-0.4, -0.2) is 36.1 Å². The monoisotopic (exact) mass is 267 g/mol. The molecule has 3 unspecified atom stereocenters. The highest BCUT2D eigenvalue weighted by Crippen LogP contribution is 2.39. The van der Waals surface area contributed by atoms with Crippen LogP contribution in [-0.2, 0) is 0 Å². The quantitative estimate of drug-likeness (QED) is 0.909. The van der Waals surface area contributed by atoms with Gasteiger partial charge in [0.25, 0.3) is 0 Å². The molecule has 1 aromatic heterocycles. The van der Waals surface area contributed by atoms with Crippen molar-refractivity contribution in [3.63, 3.8) is 0 Å². The zero-order valence-corrected chi connectivity index (χ0v) is 11.7. The summed E-state index contributed by atoms with van der Waals surface area (Å²) in [6, 6.07) is 4.85. The van der Waals surface area contributed by atoms with E-state index >= 15 is 0 Å². The fourth-order valence-electron chi connectivity index (χ4n) is 2.83. The predicted molar refractivity (Wildman–Crippen MR) is 75.9 cm³/mol. The first-order valence-corrected chi connectivity index (χ1v) is 6.69. The van der Waals surface area contributed by atoms with Crippen molar-refractivity contribution in [1.82, 2.24) is 15.2 Å². The van der Waals surface area contributed by atoms with Gasteiger partial charge < -0.3 is 5.32 Å². The maximum atomic E-state index is 4.11. The van der Waals surface area contributed by atoms with Crippen molar-refractivity contribution >= 4 is 12.4 Å². The number of nitrogens with one attached hydrogen (secondary N) is 1. The van der Waals surface area contributed by atoms with E-state index in [-0.39, 0.29) is 12.4 Å². The summed E-state index contributed by atoms with van der Waals surface area (Å²) >= 11 is 0. The molecule has 1 saturated carbocycles. The van der Waals surface area contributed by atoms with E-state index in [1.807, 2.05) is 12.4 Å². The lowest BCUT2D eigenvalue weighted by Gasteiger charge is -2.36. The number of halogens is 1. The Hall–Kier alpha value is -0.640. The van der Waals surface area contributed by atoms with Crippen molar-refractivity contribution in [3.8, 4) is 0 Å². The van der Waals surface area contributed by atoms with E-state index in [0.717, 1.165) is 24.9 Å². The molecule has 3 nitrogen and oxygen atoms in total. The number of nitrogens with zero attached hydrogens (tertiary/aromatic N) is 2. The first kappa shape index (κ1) is 13.8. The third kappa shape index (κ3) is 3.02. The van der Waals surface area contributed by atoms with Gasteiger partial charge in [-0.25, -0.2) is 0 Å². The Bertz CT molecular complexity index is 371. The van der Waals surface area contributed by atoms with Gasteiger partial charge in [-0.15, -0.1) is 12.4 Å². The summed E-state index contributed by atoms with van der Waals surface area (Å²) in [6.45, 7) is 7.02. The zero-order valence-electron chi connectivity index (χ0n) is 10.9. The molecule has 0 aromatic carbocycles. The normalized spacial score (nSPS) is 31.7. The SMILES string of the molecule is CC1CC1CN1CCNCC1c1ccncc1.Cl. The maximum Gasteiger partial charge on any atom is 0.0474 e. The fraction of sp³-hybridized carbons (Fsp3) is 0.643. The number of pyridine rings is 1. The van der Waals surface area contributed by atoms with Crippen LogP contribution in [0.3, 0.4) is 0 Å². The van der Waals surface area contributed by atoms with Crippen LogP contribution in [0, 0.1) is 11.8 Å². The van der Waals surface area contributed by atoms with E-state index in [2.05, 4.69) is 34.3 Å². The van der Waals surface area contributed by atoms with E-state index in [9.17, 15) is 0 Å². The highest BCUT2D eigenvalue weighted by Gasteiger charge is 2.36. The van der Waals surface area contributed by atoms with Crippen LogP contribution in [0.4, 0.5) is 0 Å². The molecule has 0 bridgehead atoms. The maximum absolute atomic E-state index is 4.11.